The van der Waals surface area contributed by atoms with Crippen molar-refractivity contribution >= 4 is 5.91 Å². The molecule has 0 aliphatic carbocycles. The molecule has 1 aromatic rings. The van der Waals surface area contributed by atoms with Crippen LogP contribution in [0.5, 0.6) is 0 Å². The van der Waals surface area contributed by atoms with Crippen LogP contribution >= 0.6 is 0 Å². The number of rotatable bonds is 3. The van der Waals surface area contributed by atoms with Gasteiger partial charge in [0, 0.05) is 13.7 Å². The molecule has 5 nitrogen and oxygen atoms in total. The third-order valence-corrected chi connectivity index (χ3v) is 4.98. The molecule has 1 amide bonds. The number of nitrogens with zero attached hydrogens (tertiary/aromatic N) is 1. The number of ether oxygens (including phenoxy) is 2. The smallest absolute Gasteiger partial charge is 0.255 e. The first-order valence-corrected chi connectivity index (χ1v) is 8.50. The standard InChI is InChI=1S/C18H25FN2O3/c1-13-11-21(17(22)18(23-2)7-9-20-10-8-18)12-16(24-13)14-3-5-15(19)6-4-14/h3-6,13,16,20H,7-12H2,1-2H3. The van der Waals surface area contributed by atoms with Crippen molar-refractivity contribution < 1.29 is 18.7 Å². The molecule has 2 saturated heterocycles. The highest BCUT2D eigenvalue weighted by atomic mass is 19.1. The first-order chi connectivity index (χ1) is 11.5. The summed E-state index contributed by atoms with van der Waals surface area (Å²) in [4.78, 5) is 15.0. The van der Waals surface area contributed by atoms with Crippen molar-refractivity contribution in [3.05, 3.63) is 35.6 Å². The van der Waals surface area contributed by atoms with E-state index in [0.29, 0.717) is 25.9 Å². The van der Waals surface area contributed by atoms with Gasteiger partial charge in [0.25, 0.3) is 5.91 Å². The van der Waals surface area contributed by atoms with Gasteiger partial charge in [-0.2, -0.15) is 0 Å². The minimum absolute atomic E-state index is 0.0359. The van der Waals surface area contributed by atoms with Crippen LogP contribution in [0.15, 0.2) is 24.3 Å². The summed E-state index contributed by atoms with van der Waals surface area (Å²) in [5.41, 5.74) is 0.146. The SMILES string of the molecule is COC1(C(=O)N2CC(C)OC(c3ccc(F)cc3)C2)CCNCC1. The Bertz CT molecular complexity index is 572. The molecule has 2 aliphatic rings. The first kappa shape index (κ1) is 17.3. The number of carbonyl (C=O) groups excluding carboxylic acids is 1. The van der Waals surface area contributed by atoms with Crippen LogP contribution in [0.1, 0.15) is 31.4 Å². The monoisotopic (exact) mass is 336 g/mol. The average molecular weight is 336 g/mol. The van der Waals surface area contributed by atoms with Crippen LogP contribution in [0.25, 0.3) is 0 Å². The van der Waals surface area contributed by atoms with Gasteiger partial charge < -0.3 is 19.7 Å². The van der Waals surface area contributed by atoms with Gasteiger partial charge in [-0.15, -0.1) is 0 Å². The van der Waals surface area contributed by atoms with E-state index < -0.39 is 5.60 Å². The van der Waals surface area contributed by atoms with Crippen molar-refractivity contribution in [1.82, 2.24) is 10.2 Å². The molecule has 2 atom stereocenters. The lowest BCUT2D eigenvalue weighted by Gasteiger charge is -2.43. The maximum absolute atomic E-state index is 13.1. The van der Waals surface area contributed by atoms with E-state index >= 15 is 0 Å². The summed E-state index contributed by atoms with van der Waals surface area (Å²) in [6.45, 7) is 4.53. The van der Waals surface area contributed by atoms with E-state index in [1.54, 1.807) is 19.2 Å². The van der Waals surface area contributed by atoms with Gasteiger partial charge in [0.2, 0.25) is 0 Å². The Morgan fingerprint density at radius 2 is 1.96 bits per heavy atom. The zero-order valence-corrected chi connectivity index (χ0v) is 14.3. The van der Waals surface area contributed by atoms with Crippen molar-refractivity contribution in [2.75, 3.05) is 33.3 Å². The second-order valence-electron chi connectivity index (χ2n) is 6.65. The van der Waals surface area contributed by atoms with Gasteiger partial charge in [-0.05, 0) is 50.6 Å². The van der Waals surface area contributed by atoms with Gasteiger partial charge >= 0.3 is 0 Å². The van der Waals surface area contributed by atoms with E-state index in [9.17, 15) is 9.18 Å². The molecule has 0 aromatic heterocycles. The maximum atomic E-state index is 13.1. The summed E-state index contributed by atoms with van der Waals surface area (Å²) in [5, 5.41) is 3.27. The van der Waals surface area contributed by atoms with Crippen LogP contribution in [0.3, 0.4) is 0 Å². The molecule has 24 heavy (non-hydrogen) atoms. The summed E-state index contributed by atoms with van der Waals surface area (Å²) in [7, 11) is 1.62. The van der Waals surface area contributed by atoms with Crippen LogP contribution in [-0.4, -0.2) is 55.8 Å². The molecule has 1 N–H and O–H groups in total. The summed E-state index contributed by atoms with van der Waals surface area (Å²) in [5.74, 6) is -0.239. The van der Waals surface area contributed by atoms with Crippen molar-refractivity contribution in [2.45, 2.75) is 37.6 Å². The van der Waals surface area contributed by atoms with Crippen LogP contribution in [0.4, 0.5) is 4.39 Å². The van der Waals surface area contributed by atoms with E-state index in [4.69, 9.17) is 9.47 Å². The Hall–Kier alpha value is -1.50. The van der Waals surface area contributed by atoms with Crippen LogP contribution in [0, 0.1) is 5.82 Å². The third kappa shape index (κ3) is 3.45. The third-order valence-electron chi connectivity index (χ3n) is 4.98. The van der Waals surface area contributed by atoms with E-state index in [-0.39, 0.29) is 23.9 Å². The fourth-order valence-corrected chi connectivity index (χ4v) is 3.60. The van der Waals surface area contributed by atoms with Crippen molar-refractivity contribution in [2.24, 2.45) is 0 Å². The normalized spacial score (nSPS) is 27.0. The van der Waals surface area contributed by atoms with Crippen molar-refractivity contribution in [1.29, 1.82) is 0 Å². The van der Waals surface area contributed by atoms with Crippen LogP contribution in [0.2, 0.25) is 0 Å². The molecule has 0 bridgehead atoms. The van der Waals surface area contributed by atoms with Gasteiger partial charge in [0.05, 0.1) is 12.6 Å². The van der Waals surface area contributed by atoms with E-state index in [1.165, 1.54) is 12.1 Å². The largest absolute Gasteiger partial charge is 0.368 e. The maximum Gasteiger partial charge on any atom is 0.255 e. The molecule has 2 aliphatic heterocycles. The van der Waals surface area contributed by atoms with Gasteiger partial charge in [0.15, 0.2) is 0 Å². The first-order valence-electron chi connectivity index (χ1n) is 8.50. The number of piperidine rings is 1. The number of hydrogen-bond donors (Lipinski definition) is 1. The lowest BCUT2D eigenvalue weighted by Crippen LogP contribution is -2.58. The summed E-state index contributed by atoms with van der Waals surface area (Å²) < 4.78 is 24.8. The quantitative estimate of drug-likeness (QED) is 0.916. The molecule has 0 spiro atoms. The number of amides is 1. The van der Waals surface area contributed by atoms with Crippen LogP contribution < -0.4 is 5.32 Å². The molecule has 1 aromatic carbocycles. The molecule has 6 heteroatoms. The molecular formula is C18H25FN2O3. The molecular weight excluding hydrogens is 311 g/mol. The number of methoxy groups -OCH3 is 1. The lowest BCUT2D eigenvalue weighted by molar-refractivity contribution is -0.170. The summed E-state index contributed by atoms with van der Waals surface area (Å²) >= 11 is 0. The summed E-state index contributed by atoms with van der Waals surface area (Å²) in [6, 6.07) is 6.29. The van der Waals surface area contributed by atoms with Gasteiger partial charge in [-0.25, -0.2) is 4.39 Å². The predicted octanol–water partition coefficient (Wildman–Crippen LogP) is 1.88. The molecule has 0 saturated carbocycles. The average Bonchev–Trinajstić information content (AvgIpc) is 2.61. The minimum atomic E-state index is -0.740. The topological polar surface area (TPSA) is 50.8 Å². The highest BCUT2D eigenvalue weighted by molar-refractivity contribution is 5.85. The van der Waals surface area contributed by atoms with E-state index in [1.807, 2.05) is 11.8 Å². The Labute approximate surface area is 142 Å². The van der Waals surface area contributed by atoms with E-state index in [2.05, 4.69) is 5.32 Å². The predicted molar refractivity (Wildman–Crippen MR) is 88.1 cm³/mol. The Morgan fingerprint density at radius 1 is 1.29 bits per heavy atom. The highest BCUT2D eigenvalue weighted by Crippen LogP contribution is 2.30. The summed E-state index contributed by atoms with van der Waals surface area (Å²) in [6.07, 6.45) is 1.03. The number of hydrogen-bond acceptors (Lipinski definition) is 4. The minimum Gasteiger partial charge on any atom is -0.368 e. The fourth-order valence-electron chi connectivity index (χ4n) is 3.60. The van der Waals surface area contributed by atoms with Crippen molar-refractivity contribution in [3.8, 4) is 0 Å². The van der Waals surface area contributed by atoms with Gasteiger partial charge in [-0.1, -0.05) is 12.1 Å². The number of nitrogens with one attached hydrogen (secondary N) is 1. The molecule has 2 heterocycles. The Kier molecular flexibility index (Phi) is 5.18. The van der Waals surface area contributed by atoms with Crippen LogP contribution in [-0.2, 0) is 14.3 Å². The molecule has 2 fully saturated rings. The molecule has 0 radical (unpaired) electrons. The van der Waals surface area contributed by atoms with Gasteiger partial charge in [-0.3, -0.25) is 4.79 Å². The Balaban J connectivity index is 1.77. The molecule has 3 rings (SSSR count). The molecule has 132 valence electrons. The number of morpholine rings is 1. The van der Waals surface area contributed by atoms with E-state index in [0.717, 1.165) is 18.7 Å². The highest BCUT2D eigenvalue weighted by Gasteiger charge is 2.44. The number of carbonyl (C=O) groups is 1. The second-order valence-corrected chi connectivity index (χ2v) is 6.65. The van der Waals surface area contributed by atoms with Crippen molar-refractivity contribution in [3.63, 3.8) is 0 Å². The zero-order valence-electron chi connectivity index (χ0n) is 14.3. The second kappa shape index (κ2) is 7.17. The molecule has 2 unspecified atom stereocenters. The number of benzene rings is 1. The Morgan fingerprint density at radius 3 is 2.58 bits per heavy atom. The zero-order chi connectivity index (χ0) is 17.2. The lowest BCUT2D eigenvalue weighted by atomic mass is 9.89. The fraction of sp³-hybridized carbons (Fsp3) is 0.611. The van der Waals surface area contributed by atoms with Gasteiger partial charge in [0.1, 0.15) is 17.5 Å². The number of halogens is 1.